The van der Waals surface area contributed by atoms with Crippen LogP contribution < -0.4 is 0 Å². The molecule has 0 bridgehead atoms. The molecule has 0 aliphatic heterocycles. The van der Waals surface area contributed by atoms with Crippen molar-refractivity contribution in [3.05, 3.63) is 0 Å². The molecule has 2 N–H and O–H groups in total. The molecule has 0 spiro atoms. The van der Waals surface area contributed by atoms with Gasteiger partial charge in [0.1, 0.15) is 12.2 Å². The predicted molar refractivity (Wildman–Crippen MR) is 142 cm³/mol. The Balaban J connectivity index is 1.55. The van der Waals surface area contributed by atoms with E-state index in [2.05, 4.69) is 20.8 Å². The Bertz CT molecular complexity index is 849. The number of rotatable bonds is 7. The van der Waals surface area contributed by atoms with Crippen LogP contribution in [-0.4, -0.2) is 46.1 Å². The van der Waals surface area contributed by atoms with E-state index < -0.39 is 11.7 Å². The Hall–Kier alpha value is -1.14. The maximum atomic E-state index is 12.2. The van der Waals surface area contributed by atoms with Gasteiger partial charge in [0.25, 0.3) is 0 Å². The van der Waals surface area contributed by atoms with Crippen molar-refractivity contribution in [3.8, 4) is 0 Å². The van der Waals surface area contributed by atoms with Crippen LogP contribution in [0.1, 0.15) is 113 Å². The molecule has 0 radical (unpaired) electrons. The van der Waals surface area contributed by atoms with E-state index in [1.165, 1.54) is 33.1 Å². The van der Waals surface area contributed by atoms with Crippen LogP contribution in [0.2, 0.25) is 0 Å². The van der Waals surface area contributed by atoms with Gasteiger partial charge in [-0.05, 0) is 118 Å². The molecule has 0 aromatic heterocycles. The number of ether oxygens (including phenoxy) is 2. The third kappa shape index (κ3) is 5.62. The highest BCUT2D eigenvalue weighted by atomic mass is 16.5. The third-order valence-corrected chi connectivity index (χ3v) is 11.6. The van der Waals surface area contributed by atoms with Crippen molar-refractivity contribution >= 4 is 11.9 Å². The first-order valence-electron chi connectivity index (χ1n) is 14.9. The van der Waals surface area contributed by atoms with E-state index in [0.29, 0.717) is 36.5 Å². The lowest BCUT2D eigenvalue weighted by Gasteiger charge is -2.62. The summed E-state index contributed by atoms with van der Waals surface area (Å²) >= 11 is 0. The van der Waals surface area contributed by atoms with E-state index in [1.54, 1.807) is 0 Å². The molecule has 11 atom stereocenters. The molecule has 37 heavy (non-hydrogen) atoms. The Kier molecular flexibility index (Phi) is 8.15. The molecule has 4 fully saturated rings. The Labute approximate surface area is 224 Å². The zero-order valence-corrected chi connectivity index (χ0v) is 24.3. The average molecular weight is 521 g/mol. The fourth-order valence-corrected chi connectivity index (χ4v) is 9.85. The van der Waals surface area contributed by atoms with Crippen LogP contribution in [0.25, 0.3) is 0 Å². The summed E-state index contributed by atoms with van der Waals surface area (Å²) < 4.78 is 11.7. The van der Waals surface area contributed by atoms with E-state index in [-0.39, 0.29) is 46.8 Å². The molecule has 0 aromatic rings. The van der Waals surface area contributed by atoms with Gasteiger partial charge in [-0.2, -0.15) is 0 Å². The lowest BCUT2D eigenvalue weighted by molar-refractivity contribution is -0.197. The van der Waals surface area contributed by atoms with Crippen LogP contribution in [0.15, 0.2) is 0 Å². The van der Waals surface area contributed by atoms with Crippen molar-refractivity contribution < 1.29 is 29.3 Å². The van der Waals surface area contributed by atoms with Crippen LogP contribution in [-0.2, 0) is 19.1 Å². The molecular formula is C31H52O6. The molecule has 212 valence electrons. The predicted octanol–water partition coefficient (Wildman–Crippen LogP) is 5.67. The van der Waals surface area contributed by atoms with Crippen LogP contribution in [0.5, 0.6) is 0 Å². The monoisotopic (exact) mass is 520 g/mol. The standard InChI is InChI=1S/C31H52O6/c1-18(27(34)12-13-29(4,5)35)23-8-9-24-22-17-28(37-20(3)33)26-16-21(36-19(2)32)10-14-31(26,7)25(22)11-15-30(23,24)6/h18,21-28,34-35H,8-17H2,1-7H3/t18-,21+,22-,23+,24-,25-,26?,27-,28-,30+,31+/m0/s1. The molecule has 6 nitrogen and oxygen atoms in total. The molecular weight excluding hydrogens is 468 g/mol. The first-order chi connectivity index (χ1) is 17.2. The van der Waals surface area contributed by atoms with Crippen molar-refractivity contribution in [1.29, 1.82) is 0 Å². The van der Waals surface area contributed by atoms with Crippen molar-refractivity contribution in [1.82, 2.24) is 0 Å². The second-order valence-electron chi connectivity index (χ2n) is 14.4. The fourth-order valence-electron chi connectivity index (χ4n) is 9.85. The first kappa shape index (κ1) is 28.9. The van der Waals surface area contributed by atoms with Crippen molar-refractivity contribution in [3.63, 3.8) is 0 Å². The summed E-state index contributed by atoms with van der Waals surface area (Å²) in [5.74, 6) is 2.12. The number of carbonyl (C=O) groups is 2. The van der Waals surface area contributed by atoms with Gasteiger partial charge in [0.15, 0.2) is 0 Å². The lowest BCUT2D eigenvalue weighted by atomic mass is 9.43. The molecule has 0 saturated heterocycles. The molecule has 0 heterocycles. The van der Waals surface area contributed by atoms with Gasteiger partial charge >= 0.3 is 11.9 Å². The molecule has 6 heteroatoms. The van der Waals surface area contributed by atoms with Gasteiger partial charge in [-0.3, -0.25) is 9.59 Å². The van der Waals surface area contributed by atoms with Gasteiger partial charge in [-0.15, -0.1) is 0 Å². The second-order valence-corrected chi connectivity index (χ2v) is 14.4. The third-order valence-electron chi connectivity index (χ3n) is 11.6. The van der Waals surface area contributed by atoms with Crippen LogP contribution in [0.4, 0.5) is 0 Å². The summed E-state index contributed by atoms with van der Waals surface area (Å²) in [6, 6.07) is 0. The number of carbonyl (C=O) groups excluding carboxylic acids is 2. The van der Waals surface area contributed by atoms with Gasteiger partial charge in [0.05, 0.1) is 11.7 Å². The SMILES string of the molecule is CC(=O)O[C@@H]1CC[C@@]2(C)C(C1)[C@@H](OC(C)=O)C[C@H]1[C@@H]3CC[C@H]([C@H](C)[C@@H](O)CCC(C)(C)O)[C@@]3(C)CC[C@@H]12. The van der Waals surface area contributed by atoms with Crippen molar-refractivity contribution in [2.45, 2.75) is 137 Å². The first-order valence-corrected chi connectivity index (χ1v) is 14.9. The van der Waals surface area contributed by atoms with E-state index in [9.17, 15) is 19.8 Å². The Morgan fingerprint density at radius 2 is 1.54 bits per heavy atom. The lowest BCUT2D eigenvalue weighted by Crippen LogP contribution is -2.59. The van der Waals surface area contributed by atoms with Crippen LogP contribution in [0.3, 0.4) is 0 Å². The number of fused-ring (bicyclic) bond motifs is 5. The van der Waals surface area contributed by atoms with Crippen molar-refractivity contribution in [2.75, 3.05) is 0 Å². The summed E-state index contributed by atoms with van der Waals surface area (Å²) in [6.45, 7) is 13.7. The van der Waals surface area contributed by atoms with E-state index >= 15 is 0 Å². The minimum atomic E-state index is -0.755. The van der Waals surface area contributed by atoms with Crippen LogP contribution >= 0.6 is 0 Å². The summed E-state index contributed by atoms with van der Waals surface area (Å²) in [7, 11) is 0. The van der Waals surface area contributed by atoms with Gasteiger partial charge in [-0.25, -0.2) is 0 Å². The number of hydrogen-bond donors (Lipinski definition) is 2. The summed E-state index contributed by atoms with van der Waals surface area (Å²) in [4.78, 5) is 23.9. The fraction of sp³-hybridized carbons (Fsp3) is 0.935. The van der Waals surface area contributed by atoms with Gasteiger partial charge < -0.3 is 19.7 Å². The topological polar surface area (TPSA) is 93.1 Å². The number of hydrogen-bond acceptors (Lipinski definition) is 6. The van der Waals surface area contributed by atoms with E-state index in [0.717, 1.165) is 32.1 Å². The molecule has 4 aliphatic rings. The molecule has 4 rings (SSSR count). The quantitative estimate of drug-likeness (QED) is 0.420. The van der Waals surface area contributed by atoms with Gasteiger partial charge in [0.2, 0.25) is 0 Å². The minimum absolute atomic E-state index is 0.0803. The number of aliphatic hydroxyl groups excluding tert-OH is 1. The molecule has 4 aliphatic carbocycles. The smallest absolute Gasteiger partial charge is 0.302 e. The number of aliphatic hydroxyl groups is 2. The zero-order chi connectivity index (χ0) is 27.3. The number of esters is 2. The van der Waals surface area contributed by atoms with E-state index in [1.807, 2.05) is 13.8 Å². The molecule has 0 aromatic carbocycles. The average Bonchev–Trinajstić information content (AvgIpc) is 3.14. The minimum Gasteiger partial charge on any atom is -0.463 e. The zero-order valence-electron chi connectivity index (χ0n) is 24.3. The summed E-state index contributed by atoms with van der Waals surface area (Å²) in [5, 5.41) is 21.3. The maximum Gasteiger partial charge on any atom is 0.302 e. The largest absolute Gasteiger partial charge is 0.463 e. The highest BCUT2D eigenvalue weighted by molar-refractivity contribution is 5.66. The molecule has 1 unspecified atom stereocenters. The Morgan fingerprint density at radius 1 is 0.919 bits per heavy atom. The molecule has 0 amide bonds. The van der Waals surface area contributed by atoms with Gasteiger partial charge in [-0.1, -0.05) is 20.8 Å². The highest BCUT2D eigenvalue weighted by Gasteiger charge is 2.63. The highest BCUT2D eigenvalue weighted by Crippen LogP contribution is 2.68. The van der Waals surface area contributed by atoms with Crippen molar-refractivity contribution in [2.24, 2.45) is 46.3 Å². The normalized spacial score (nSPS) is 43.1. The Morgan fingerprint density at radius 3 is 2.16 bits per heavy atom. The summed E-state index contributed by atoms with van der Waals surface area (Å²) in [6.07, 6.45) is 8.88. The van der Waals surface area contributed by atoms with Gasteiger partial charge in [0, 0.05) is 19.8 Å². The summed E-state index contributed by atoms with van der Waals surface area (Å²) in [5.41, 5.74) is -0.499. The maximum absolute atomic E-state index is 12.2. The van der Waals surface area contributed by atoms with E-state index in [4.69, 9.17) is 9.47 Å². The molecule has 4 saturated carbocycles. The van der Waals surface area contributed by atoms with Crippen LogP contribution in [0, 0.1) is 46.3 Å². The second kappa shape index (κ2) is 10.4.